The summed E-state index contributed by atoms with van der Waals surface area (Å²) in [5.74, 6) is 0.423. The number of rotatable bonds is 6. The molecule has 3 rings (SSSR count). The topological polar surface area (TPSA) is 69.6 Å². The number of hydrogen-bond donors (Lipinski definition) is 0. The zero-order valence-electron chi connectivity index (χ0n) is 18.6. The molecule has 1 aromatic carbocycles. The van der Waals surface area contributed by atoms with Crippen molar-refractivity contribution < 1.29 is 21.6 Å². The van der Waals surface area contributed by atoms with Crippen LogP contribution in [-0.2, 0) is 16.2 Å². The summed E-state index contributed by atoms with van der Waals surface area (Å²) >= 11 is 0. The smallest absolute Gasteiger partial charge is 0.363 e. The fourth-order valence-electron chi connectivity index (χ4n) is 3.42. The molecule has 0 spiro atoms. The first-order valence-electron chi connectivity index (χ1n) is 10.4. The Hall–Kier alpha value is -2.40. The van der Waals surface area contributed by atoms with E-state index < -0.39 is 21.9 Å². The lowest BCUT2D eigenvalue weighted by molar-refractivity contribution is -0.141. The van der Waals surface area contributed by atoms with Gasteiger partial charge in [-0.05, 0) is 30.0 Å². The average Bonchev–Trinajstić information content (AvgIpc) is 2.77. The quantitative estimate of drug-likeness (QED) is 0.642. The Balaban J connectivity index is 1.76. The maximum Gasteiger partial charge on any atom is 0.433 e. The number of piperazine rings is 1. The van der Waals surface area contributed by atoms with Crippen molar-refractivity contribution in [1.29, 1.82) is 0 Å². The highest BCUT2D eigenvalue weighted by Crippen LogP contribution is 2.31. The first-order valence-corrected chi connectivity index (χ1v) is 11.9. The summed E-state index contributed by atoms with van der Waals surface area (Å²) in [7, 11) is -0.491. The fraction of sp³-hybridized carbons (Fsp3) is 0.524. The number of alkyl halides is 3. The summed E-state index contributed by atoms with van der Waals surface area (Å²) in [6, 6.07) is 7.78. The van der Waals surface area contributed by atoms with Crippen molar-refractivity contribution in [2.45, 2.75) is 37.3 Å². The van der Waals surface area contributed by atoms with Crippen molar-refractivity contribution in [1.82, 2.24) is 14.3 Å². The van der Waals surface area contributed by atoms with E-state index in [4.69, 9.17) is 0 Å². The Kier molecular flexibility index (Phi) is 6.99. The van der Waals surface area contributed by atoms with Crippen molar-refractivity contribution >= 4 is 21.8 Å². The van der Waals surface area contributed by atoms with Gasteiger partial charge in [0, 0.05) is 46.3 Å². The molecule has 1 fully saturated rings. The van der Waals surface area contributed by atoms with Crippen LogP contribution in [-0.4, -0.2) is 63.0 Å². The third-order valence-corrected chi connectivity index (χ3v) is 7.58. The lowest BCUT2D eigenvalue weighted by Crippen LogP contribution is -2.49. The fourth-order valence-corrected chi connectivity index (χ4v) is 4.84. The minimum absolute atomic E-state index is 0.0570. The van der Waals surface area contributed by atoms with Crippen LogP contribution in [0.15, 0.2) is 35.2 Å². The van der Waals surface area contributed by atoms with Crippen LogP contribution in [0.3, 0.4) is 0 Å². The molecule has 7 nitrogen and oxygen atoms in total. The predicted molar refractivity (Wildman–Crippen MR) is 117 cm³/mol. The van der Waals surface area contributed by atoms with Crippen LogP contribution in [0.5, 0.6) is 0 Å². The summed E-state index contributed by atoms with van der Waals surface area (Å²) < 4.78 is 67.2. The van der Waals surface area contributed by atoms with E-state index in [2.05, 4.69) is 23.8 Å². The summed E-state index contributed by atoms with van der Waals surface area (Å²) in [6.45, 7) is 4.81. The highest BCUT2D eigenvalue weighted by atomic mass is 32.2. The van der Waals surface area contributed by atoms with Crippen molar-refractivity contribution in [3.63, 3.8) is 0 Å². The number of aromatic nitrogens is 2. The van der Waals surface area contributed by atoms with Gasteiger partial charge in [-0.25, -0.2) is 13.4 Å². The van der Waals surface area contributed by atoms with Gasteiger partial charge in [-0.15, -0.1) is 0 Å². The monoisotopic (exact) mass is 471 g/mol. The molecule has 176 valence electrons. The Morgan fingerprint density at radius 1 is 1.06 bits per heavy atom. The summed E-state index contributed by atoms with van der Waals surface area (Å²) in [5.41, 5.74) is 0.0531. The number of nitrogens with zero attached hydrogens (tertiary/aromatic N) is 5. The molecule has 1 atom stereocenters. The number of halogens is 3. The highest BCUT2D eigenvalue weighted by molar-refractivity contribution is 7.89. The predicted octanol–water partition coefficient (Wildman–Crippen LogP) is 3.59. The molecule has 1 aliphatic heterocycles. The largest absolute Gasteiger partial charge is 0.433 e. The second-order valence-electron chi connectivity index (χ2n) is 8.07. The lowest BCUT2D eigenvalue weighted by Gasteiger charge is -2.34. The minimum atomic E-state index is -4.60. The molecule has 0 N–H and O–H groups in total. The van der Waals surface area contributed by atoms with E-state index in [1.807, 2.05) is 12.1 Å². The molecule has 1 aromatic heterocycles. The molecule has 1 saturated heterocycles. The standard InChI is InChI=1S/C21H28F3N5O2S/c1-5-15(2)16-6-8-17(9-7-16)32(30,31)29-12-10-28(11-13-29)20-25-18(21(22,23)24)14-19(26-20)27(3)4/h6-9,14-15H,5,10-13H2,1-4H3. The number of anilines is 2. The van der Waals surface area contributed by atoms with E-state index in [1.54, 1.807) is 31.1 Å². The van der Waals surface area contributed by atoms with Gasteiger partial charge in [0.15, 0.2) is 5.69 Å². The number of benzene rings is 1. The van der Waals surface area contributed by atoms with Gasteiger partial charge in [0.1, 0.15) is 5.82 Å². The van der Waals surface area contributed by atoms with Crippen molar-refractivity contribution in [2.24, 2.45) is 0 Å². The van der Waals surface area contributed by atoms with Gasteiger partial charge >= 0.3 is 6.18 Å². The Morgan fingerprint density at radius 3 is 2.16 bits per heavy atom. The van der Waals surface area contributed by atoms with E-state index >= 15 is 0 Å². The van der Waals surface area contributed by atoms with Crippen LogP contribution >= 0.6 is 0 Å². The second kappa shape index (κ2) is 9.22. The van der Waals surface area contributed by atoms with Gasteiger partial charge in [0.05, 0.1) is 4.90 Å². The molecule has 2 aromatic rings. The molecular weight excluding hydrogens is 443 g/mol. The zero-order chi connectivity index (χ0) is 23.7. The molecular formula is C21H28F3N5O2S. The second-order valence-corrected chi connectivity index (χ2v) is 10.0. The van der Waals surface area contributed by atoms with Gasteiger partial charge in [0.25, 0.3) is 0 Å². The molecule has 32 heavy (non-hydrogen) atoms. The van der Waals surface area contributed by atoms with E-state index in [1.165, 1.54) is 9.21 Å². The average molecular weight is 472 g/mol. The SMILES string of the molecule is CCC(C)c1ccc(S(=O)(=O)N2CCN(c3nc(N(C)C)cc(C(F)(F)F)n3)CC2)cc1. The van der Waals surface area contributed by atoms with Crippen LogP contribution in [0.25, 0.3) is 0 Å². The molecule has 11 heteroatoms. The molecule has 0 amide bonds. The summed E-state index contributed by atoms with van der Waals surface area (Å²) in [6.07, 6.45) is -3.64. The van der Waals surface area contributed by atoms with Crippen LogP contribution in [0.1, 0.15) is 37.4 Å². The zero-order valence-corrected chi connectivity index (χ0v) is 19.4. The first kappa shape index (κ1) is 24.2. The van der Waals surface area contributed by atoms with Crippen LogP contribution in [0, 0.1) is 0 Å². The van der Waals surface area contributed by atoms with Crippen molar-refractivity contribution in [3.8, 4) is 0 Å². The number of sulfonamides is 1. The Labute approximate surface area is 186 Å². The molecule has 1 aliphatic rings. The third-order valence-electron chi connectivity index (χ3n) is 5.67. The van der Waals surface area contributed by atoms with Crippen molar-refractivity contribution in [2.75, 3.05) is 50.1 Å². The molecule has 0 aliphatic carbocycles. The summed E-state index contributed by atoms with van der Waals surface area (Å²) in [5, 5.41) is 0. The normalized spacial score (nSPS) is 16.8. The summed E-state index contributed by atoms with van der Waals surface area (Å²) in [4.78, 5) is 11.2. The molecule has 2 heterocycles. The number of hydrogen-bond acceptors (Lipinski definition) is 6. The molecule has 0 radical (unpaired) electrons. The minimum Gasteiger partial charge on any atom is -0.363 e. The van der Waals surface area contributed by atoms with Gasteiger partial charge in [-0.3, -0.25) is 0 Å². The van der Waals surface area contributed by atoms with E-state index in [0.717, 1.165) is 18.1 Å². The third kappa shape index (κ3) is 5.15. The Morgan fingerprint density at radius 2 is 1.66 bits per heavy atom. The van der Waals surface area contributed by atoms with E-state index in [-0.39, 0.29) is 42.8 Å². The highest BCUT2D eigenvalue weighted by Gasteiger charge is 2.35. The lowest BCUT2D eigenvalue weighted by atomic mass is 9.99. The van der Waals surface area contributed by atoms with Crippen LogP contribution in [0.2, 0.25) is 0 Å². The van der Waals surface area contributed by atoms with Crippen molar-refractivity contribution in [3.05, 3.63) is 41.6 Å². The molecule has 0 bridgehead atoms. The van der Waals surface area contributed by atoms with Crippen LogP contribution < -0.4 is 9.80 Å². The molecule has 0 saturated carbocycles. The van der Waals surface area contributed by atoms with E-state index in [9.17, 15) is 21.6 Å². The van der Waals surface area contributed by atoms with Gasteiger partial charge in [-0.1, -0.05) is 26.0 Å². The Bertz CT molecular complexity index is 1030. The van der Waals surface area contributed by atoms with E-state index in [0.29, 0.717) is 5.92 Å². The van der Waals surface area contributed by atoms with Gasteiger partial charge < -0.3 is 9.80 Å². The first-order chi connectivity index (χ1) is 14.9. The van der Waals surface area contributed by atoms with Gasteiger partial charge in [-0.2, -0.15) is 22.5 Å². The maximum absolute atomic E-state index is 13.3. The maximum atomic E-state index is 13.3. The van der Waals surface area contributed by atoms with Gasteiger partial charge in [0.2, 0.25) is 16.0 Å². The van der Waals surface area contributed by atoms with Crippen LogP contribution in [0.4, 0.5) is 24.9 Å². The molecule has 1 unspecified atom stereocenters.